The fraction of sp³-hybridized carbons (Fsp3) is 0.562. The van der Waals surface area contributed by atoms with Crippen molar-refractivity contribution < 1.29 is 9.53 Å². The number of ether oxygens (including phenoxy) is 1. The molecule has 1 aliphatic rings. The van der Waals surface area contributed by atoms with E-state index in [0.29, 0.717) is 18.6 Å². The van der Waals surface area contributed by atoms with Gasteiger partial charge in [0.15, 0.2) is 0 Å². The molecule has 0 aliphatic heterocycles. The van der Waals surface area contributed by atoms with Gasteiger partial charge in [-0.2, -0.15) is 0 Å². The van der Waals surface area contributed by atoms with Crippen molar-refractivity contribution in [1.29, 1.82) is 0 Å². The lowest BCUT2D eigenvalue weighted by Crippen LogP contribution is -2.43. The van der Waals surface area contributed by atoms with Crippen LogP contribution >= 0.6 is 0 Å². The van der Waals surface area contributed by atoms with Gasteiger partial charge in [0.25, 0.3) is 0 Å². The SMILES string of the molecule is COCc1ccccc1NC(=O)N[C@@H]1CCCC[C@@H]1C. The summed E-state index contributed by atoms with van der Waals surface area (Å²) in [5.41, 5.74) is 1.80. The lowest BCUT2D eigenvalue weighted by molar-refractivity contribution is 0.185. The van der Waals surface area contributed by atoms with Gasteiger partial charge in [-0.1, -0.05) is 38.0 Å². The molecular formula is C16H24N2O2. The van der Waals surface area contributed by atoms with E-state index in [-0.39, 0.29) is 6.03 Å². The second-order valence-electron chi connectivity index (χ2n) is 5.56. The van der Waals surface area contributed by atoms with Gasteiger partial charge in [0, 0.05) is 24.4 Å². The maximum atomic E-state index is 12.1. The van der Waals surface area contributed by atoms with Crippen molar-refractivity contribution in [2.45, 2.75) is 45.3 Å². The van der Waals surface area contributed by atoms with Crippen molar-refractivity contribution in [2.24, 2.45) is 5.92 Å². The number of anilines is 1. The molecule has 0 heterocycles. The van der Waals surface area contributed by atoms with Gasteiger partial charge in [-0.15, -0.1) is 0 Å². The first-order valence-corrected chi connectivity index (χ1v) is 7.35. The molecule has 2 rings (SSSR count). The molecule has 1 aliphatic carbocycles. The van der Waals surface area contributed by atoms with E-state index < -0.39 is 0 Å². The topological polar surface area (TPSA) is 50.4 Å². The fourth-order valence-electron chi connectivity index (χ4n) is 2.78. The first kappa shape index (κ1) is 14.9. The zero-order valence-electron chi connectivity index (χ0n) is 12.3. The number of rotatable bonds is 4. The highest BCUT2D eigenvalue weighted by Gasteiger charge is 2.22. The number of urea groups is 1. The number of benzene rings is 1. The smallest absolute Gasteiger partial charge is 0.319 e. The van der Waals surface area contributed by atoms with Crippen LogP contribution in [0.25, 0.3) is 0 Å². The Labute approximate surface area is 120 Å². The van der Waals surface area contributed by atoms with Crippen LogP contribution < -0.4 is 10.6 Å². The van der Waals surface area contributed by atoms with Gasteiger partial charge >= 0.3 is 6.03 Å². The quantitative estimate of drug-likeness (QED) is 0.883. The zero-order chi connectivity index (χ0) is 14.4. The largest absolute Gasteiger partial charge is 0.380 e. The van der Waals surface area contributed by atoms with Gasteiger partial charge in [-0.3, -0.25) is 0 Å². The summed E-state index contributed by atoms with van der Waals surface area (Å²) in [7, 11) is 1.65. The van der Waals surface area contributed by atoms with Gasteiger partial charge < -0.3 is 15.4 Å². The third-order valence-corrected chi connectivity index (χ3v) is 3.99. The van der Waals surface area contributed by atoms with E-state index in [4.69, 9.17) is 4.74 Å². The molecule has 2 N–H and O–H groups in total. The Morgan fingerprint density at radius 2 is 2.05 bits per heavy atom. The van der Waals surface area contributed by atoms with Crippen molar-refractivity contribution in [3.63, 3.8) is 0 Å². The van der Waals surface area contributed by atoms with Crippen LogP contribution in [0.15, 0.2) is 24.3 Å². The molecule has 2 atom stereocenters. The van der Waals surface area contributed by atoms with Crippen LogP contribution in [0.3, 0.4) is 0 Å². The van der Waals surface area contributed by atoms with E-state index >= 15 is 0 Å². The summed E-state index contributed by atoms with van der Waals surface area (Å²) in [5.74, 6) is 0.559. The maximum Gasteiger partial charge on any atom is 0.319 e. The lowest BCUT2D eigenvalue weighted by atomic mass is 9.86. The Hall–Kier alpha value is -1.55. The van der Waals surface area contributed by atoms with E-state index in [1.807, 2.05) is 24.3 Å². The standard InChI is InChI=1S/C16H24N2O2/c1-12-7-3-5-9-14(12)17-16(19)18-15-10-6-4-8-13(15)11-20-2/h4,6,8,10,12,14H,3,5,7,9,11H2,1-2H3,(H2,17,18,19)/t12-,14+/m0/s1. The normalized spacial score (nSPS) is 22.3. The summed E-state index contributed by atoms with van der Waals surface area (Å²) < 4.78 is 5.15. The van der Waals surface area contributed by atoms with Crippen LogP contribution in [0.1, 0.15) is 38.2 Å². The Morgan fingerprint density at radius 1 is 1.30 bits per heavy atom. The second kappa shape index (κ2) is 7.29. The molecule has 0 aromatic heterocycles. The number of hydrogen-bond acceptors (Lipinski definition) is 2. The van der Waals surface area contributed by atoms with Gasteiger partial charge in [0.2, 0.25) is 0 Å². The molecule has 20 heavy (non-hydrogen) atoms. The molecule has 0 bridgehead atoms. The number of carbonyl (C=O) groups is 1. The summed E-state index contributed by atoms with van der Waals surface area (Å²) in [6, 6.07) is 7.89. The van der Waals surface area contributed by atoms with Crippen molar-refractivity contribution in [3.8, 4) is 0 Å². The summed E-state index contributed by atoms with van der Waals surface area (Å²) in [6.45, 7) is 2.71. The number of carbonyl (C=O) groups excluding carboxylic acids is 1. The highest BCUT2D eigenvalue weighted by atomic mass is 16.5. The molecule has 0 saturated heterocycles. The predicted molar refractivity (Wildman–Crippen MR) is 80.7 cm³/mol. The number of hydrogen-bond donors (Lipinski definition) is 2. The highest BCUT2D eigenvalue weighted by Crippen LogP contribution is 2.24. The molecule has 1 aromatic carbocycles. The van der Waals surface area contributed by atoms with Crippen LogP contribution in [0.5, 0.6) is 0 Å². The van der Waals surface area contributed by atoms with Crippen LogP contribution in [0, 0.1) is 5.92 Å². The molecule has 0 radical (unpaired) electrons. The zero-order valence-corrected chi connectivity index (χ0v) is 12.3. The highest BCUT2D eigenvalue weighted by molar-refractivity contribution is 5.90. The number of methoxy groups -OCH3 is 1. The Bertz CT molecular complexity index is 448. The second-order valence-corrected chi connectivity index (χ2v) is 5.56. The number of para-hydroxylation sites is 1. The van der Waals surface area contributed by atoms with Gasteiger partial charge in [0.1, 0.15) is 0 Å². The van der Waals surface area contributed by atoms with E-state index in [2.05, 4.69) is 17.6 Å². The first-order chi connectivity index (χ1) is 9.70. The van der Waals surface area contributed by atoms with Crippen molar-refractivity contribution >= 4 is 11.7 Å². The van der Waals surface area contributed by atoms with E-state index in [0.717, 1.165) is 17.7 Å². The molecule has 110 valence electrons. The van der Waals surface area contributed by atoms with E-state index in [9.17, 15) is 4.79 Å². The first-order valence-electron chi connectivity index (χ1n) is 7.35. The molecular weight excluding hydrogens is 252 g/mol. The van der Waals surface area contributed by atoms with Gasteiger partial charge in [-0.05, 0) is 24.8 Å². The van der Waals surface area contributed by atoms with Crippen LogP contribution in [0.2, 0.25) is 0 Å². The lowest BCUT2D eigenvalue weighted by Gasteiger charge is -2.29. The maximum absolute atomic E-state index is 12.1. The Balaban J connectivity index is 1.94. The Morgan fingerprint density at radius 3 is 2.80 bits per heavy atom. The summed E-state index contributed by atoms with van der Waals surface area (Å²) >= 11 is 0. The van der Waals surface area contributed by atoms with Crippen molar-refractivity contribution in [1.82, 2.24) is 5.32 Å². The van der Waals surface area contributed by atoms with Crippen LogP contribution in [-0.4, -0.2) is 19.2 Å². The predicted octanol–water partition coefficient (Wildman–Crippen LogP) is 3.53. The fourth-order valence-corrected chi connectivity index (χ4v) is 2.78. The molecule has 0 spiro atoms. The summed E-state index contributed by atoms with van der Waals surface area (Å²) in [6.07, 6.45) is 4.76. The van der Waals surface area contributed by atoms with Crippen LogP contribution in [-0.2, 0) is 11.3 Å². The number of nitrogens with one attached hydrogen (secondary N) is 2. The molecule has 1 saturated carbocycles. The minimum Gasteiger partial charge on any atom is -0.380 e. The van der Waals surface area contributed by atoms with Gasteiger partial charge in [-0.25, -0.2) is 4.79 Å². The molecule has 4 heteroatoms. The minimum atomic E-state index is -0.118. The van der Waals surface area contributed by atoms with Crippen LogP contribution in [0.4, 0.5) is 10.5 Å². The summed E-state index contributed by atoms with van der Waals surface area (Å²) in [5, 5.41) is 6.03. The molecule has 1 fully saturated rings. The molecule has 4 nitrogen and oxygen atoms in total. The minimum absolute atomic E-state index is 0.118. The number of amides is 2. The molecule has 1 aromatic rings. The van der Waals surface area contributed by atoms with Crippen molar-refractivity contribution in [3.05, 3.63) is 29.8 Å². The molecule has 2 amide bonds. The van der Waals surface area contributed by atoms with E-state index in [1.165, 1.54) is 19.3 Å². The summed E-state index contributed by atoms with van der Waals surface area (Å²) in [4.78, 5) is 12.1. The third kappa shape index (κ3) is 3.97. The average molecular weight is 276 g/mol. The van der Waals surface area contributed by atoms with E-state index in [1.54, 1.807) is 7.11 Å². The monoisotopic (exact) mass is 276 g/mol. The Kier molecular flexibility index (Phi) is 5.41. The van der Waals surface area contributed by atoms with Gasteiger partial charge in [0.05, 0.1) is 6.61 Å². The van der Waals surface area contributed by atoms with Crippen molar-refractivity contribution in [2.75, 3.05) is 12.4 Å². The average Bonchev–Trinajstić information content (AvgIpc) is 2.44. The third-order valence-electron chi connectivity index (χ3n) is 3.99. The molecule has 0 unspecified atom stereocenters.